The zero-order valence-corrected chi connectivity index (χ0v) is 16.7. The molecule has 1 amide bonds. The number of esters is 1. The van der Waals surface area contributed by atoms with Crippen molar-refractivity contribution in [3.05, 3.63) is 23.8 Å². The fourth-order valence-electron chi connectivity index (χ4n) is 6.00. The number of nitrogens with one attached hydrogen (secondary N) is 1. The van der Waals surface area contributed by atoms with E-state index < -0.39 is 5.97 Å². The molecule has 0 spiro atoms. The molecular formula is C22H29NO5. The molecule has 0 unspecified atom stereocenters. The van der Waals surface area contributed by atoms with Crippen LogP contribution in [0.25, 0.3) is 0 Å². The van der Waals surface area contributed by atoms with Crippen LogP contribution in [0.2, 0.25) is 0 Å². The minimum atomic E-state index is -0.473. The van der Waals surface area contributed by atoms with Crippen molar-refractivity contribution in [2.75, 3.05) is 27.4 Å². The Labute approximate surface area is 165 Å². The molecule has 152 valence electrons. The standard InChI is InChI=1S/C22H29NO5/c1-26-19-8-17(3-4-18(19)28-12-20(24)27-2)21(25)23-13-22-9-14-5-15(10-22)7-16(6-14)11-22/h3-4,8,14-16H,5-7,9-13H2,1-2H3,(H,23,25). The first kappa shape index (κ1) is 19.1. The minimum absolute atomic E-state index is 0.0893. The lowest BCUT2D eigenvalue weighted by molar-refractivity contribution is -0.142. The Balaban J connectivity index is 1.39. The van der Waals surface area contributed by atoms with E-state index in [0.717, 1.165) is 24.3 Å². The maximum absolute atomic E-state index is 12.7. The van der Waals surface area contributed by atoms with Gasteiger partial charge in [-0.1, -0.05) is 0 Å². The van der Waals surface area contributed by atoms with Crippen LogP contribution in [0.4, 0.5) is 0 Å². The van der Waals surface area contributed by atoms with Crippen LogP contribution >= 0.6 is 0 Å². The second-order valence-corrected chi connectivity index (χ2v) is 8.83. The molecule has 5 rings (SSSR count). The predicted octanol–water partition coefficient (Wildman–Crippen LogP) is 3.19. The van der Waals surface area contributed by atoms with Gasteiger partial charge >= 0.3 is 5.97 Å². The van der Waals surface area contributed by atoms with Crippen LogP contribution in [0.1, 0.15) is 48.9 Å². The first-order chi connectivity index (χ1) is 13.5. The molecule has 1 N–H and O–H groups in total. The number of carbonyl (C=O) groups is 2. The number of hydrogen-bond donors (Lipinski definition) is 1. The van der Waals surface area contributed by atoms with E-state index in [2.05, 4.69) is 10.1 Å². The zero-order chi connectivity index (χ0) is 19.7. The maximum Gasteiger partial charge on any atom is 0.343 e. The molecule has 0 heterocycles. The van der Waals surface area contributed by atoms with Crippen molar-refractivity contribution in [3.8, 4) is 11.5 Å². The summed E-state index contributed by atoms with van der Waals surface area (Å²) in [7, 11) is 2.82. The highest BCUT2D eigenvalue weighted by Gasteiger charge is 2.50. The highest BCUT2D eigenvalue weighted by molar-refractivity contribution is 5.94. The smallest absolute Gasteiger partial charge is 0.343 e. The first-order valence-corrected chi connectivity index (χ1v) is 10.2. The third-order valence-electron chi connectivity index (χ3n) is 6.79. The van der Waals surface area contributed by atoms with Gasteiger partial charge in [-0.2, -0.15) is 0 Å². The predicted molar refractivity (Wildman–Crippen MR) is 103 cm³/mol. The molecule has 4 aliphatic carbocycles. The van der Waals surface area contributed by atoms with E-state index in [1.54, 1.807) is 18.2 Å². The number of methoxy groups -OCH3 is 2. The van der Waals surface area contributed by atoms with Gasteiger partial charge in [0.2, 0.25) is 0 Å². The second kappa shape index (κ2) is 7.64. The number of hydrogen-bond acceptors (Lipinski definition) is 5. The Kier molecular flexibility index (Phi) is 5.21. The molecule has 0 saturated heterocycles. The molecule has 6 heteroatoms. The first-order valence-electron chi connectivity index (χ1n) is 10.2. The fourth-order valence-corrected chi connectivity index (χ4v) is 6.00. The summed E-state index contributed by atoms with van der Waals surface area (Å²) in [6.45, 7) is 0.558. The van der Waals surface area contributed by atoms with Crippen LogP contribution in [0.15, 0.2) is 18.2 Å². The van der Waals surface area contributed by atoms with Gasteiger partial charge in [-0.05, 0) is 79.9 Å². The SMILES string of the molecule is COC(=O)COc1ccc(C(=O)NCC23CC4CC(CC(C4)C2)C3)cc1OC. The van der Waals surface area contributed by atoms with Gasteiger partial charge in [0.15, 0.2) is 18.1 Å². The van der Waals surface area contributed by atoms with Crippen molar-refractivity contribution in [2.24, 2.45) is 23.2 Å². The van der Waals surface area contributed by atoms with Gasteiger partial charge in [0, 0.05) is 12.1 Å². The average Bonchev–Trinajstić information content (AvgIpc) is 2.69. The van der Waals surface area contributed by atoms with Crippen LogP contribution in [-0.4, -0.2) is 39.2 Å². The summed E-state index contributed by atoms with van der Waals surface area (Å²) in [5.74, 6) is 2.88. The average molecular weight is 387 g/mol. The van der Waals surface area contributed by atoms with Gasteiger partial charge in [0.05, 0.1) is 14.2 Å². The Hall–Kier alpha value is -2.24. The van der Waals surface area contributed by atoms with Crippen LogP contribution in [0.5, 0.6) is 11.5 Å². The Bertz CT molecular complexity index is 724. The van der Waals surface area contributed by atoms with Gasteiger partial charge in [-0.25, -0.2) is 4.79 Å². The normalized spacial score (nSPS) is 30.0. The quantitative estimate of drug-likeness (QED) is 0.728. The largest absolute Gasteiger partial charge is 0.493 e. The van der Waals surface area contributed by atoms with Crippen molar-refractivity contribution in [3.63, 3.8) is 0 Å². The van der Waals surface area contributed by atoms with E-state index in [1.165, 1.54) is 52.7 Å². The molecule has 0 aliphatic heterocycles. The summed E-state index contributed by atoms with van der Waals surface area (Å²) in [6, 6.07) is 5.01. The van der Waals surface area contributed by atoms with Crippen molar-refractivity contribution < 1.29 is 23.8 Å². The molecule has 0 aromatic heterocycles. The number of ether oxygens (including phenoxy) is 3. The molecule has 1 aromatic rings. The Morgan fingerprint density at radius 1 is 1.04 bits per heavy atom. The molecule has 0 atom stereocenters. The summed E-state index contributed by atoms with van der Waals surface area (Å²) in [5.41, 5.74) is 0.838. The number of carbonyl (C=O) groups excluding carboxylic acids is 2. The highest BCUT2D eigenvalue weighted by Crippen LogP contribution is 2.59. The summed E-state index contributed by atoms with van der Waals surface area (Å²) < 4.78 is 15.3. The van der Waals surface area contributed by atoms with Crippen molar-refractivity contribution in [1.29, 1.82) is 0 Å². The van der Waals surface area contributed by atoms with Crippen molar-refractivity contribution in [2.45, 2.75) is 38.5 Å². The molecule has 6 nitrogen and oxygen atoms in total. The Morgan fingerprint density at radius 2 is 1.68 bits per heavy atom. The third-order valence-corrected chi connectivity index (χ3v) is 6.79. The molecule has 4 bridgehead atoms. The number of amides is 1. The molecule has 1 aromatic carbocycles. The van der Waals surface area contributed by atoms with Gasteiger partial charge in [-0.15, -0.1) is 0 Å². The summed E-state index contributed by atoms with van der Waals surface area (Å²) in [4.78, 5) is 24.0. The van der Waals surface area contributed by atoms with Gasteiger partial charge in [0.1, 0.15) is 0 Å². The summed E-state index contributed by atoms with van der Waals surface area (Å²) in [5, 5.41) is 3.18. The monoisotopic (exact) mass is 387 g/mol. The van der Waals surface area contributed by atoms with Gasteiger partial charge < -0.3 is 19.5 Å². The molecule has 4 saturated carbocycles. The van der Waals surface area contributed by atoms with Crippen LogP contribution in [-0.2, 0) is 9.53 Å². The fraction of sp³-hybridized carbons (Fsp3) is 0.636. The third kappa shape index (κ3) is 3.82. The number of benzene rings is 1. The molecule has 4 fully saturated rings. The highest BCUT2D eigenvalue weighted by atomic mass is 16.6. The van der Waals surface area contributed by atoms with E-state index in [4.69, 9.17) is 9.47 Å². The van der Waals surface area contributed by atoms with Crippen LogP contribution in [0.3, 0.4) is 0 Å². The van der Waals surface area contributed by atoms with Gasteiger partial charge in [0.25, 0.3) is 5.91 Å². The molecular weight excluding hydrogens is 358 g/mol. The second-order valence-electron chi connectivity index (χ2n) is 8.83. The maximum atomic E-state index is 12.7. The van der Waals surface area contributed by atoms with E-state index in [-0.39, 0.29) is 12.5 Å². The topological polar surface area (TPSA) is 73.9 Å². The lowest BCUT2D eigenvalue weighted by atomic mass is 9.49. The molecule has 28 heavy (non-hydrogen) atoms. The van der Waals surface area contributed by atoms with E-state index in [9.17, 15) is 9.59 Å². The number of rotatable bonds is 7. The van der Waals surface area contributed by atoms with Gasteiger partial charge in [-0.3, -0.25) is 4.79 Å². The summed E-state index contributed by atoms with van der Waals surface area (Å²) in [6.07, 6.45) is 8.00. The molecule has 4 aliphatic rings. The van der Waals surface area contributed by atoms with Crippen molar-refractivity contribution >= 4 is 11.9 Å². The summed E-state index contributed by atoms with van der Waals surface area (Å²) >= 11 is 0. The lowest BCUT2D eigenvalue weighted by Crippen LogP contribution is -2.51. The van der Waals surface area contributed by atoms with Crippen LogP contribution < -0.4 is 14.8 Å². The van der Waals surface area contributed by atoms with E-state index in [1.807, 2.05) is 0 Å². The zero-order valence-electron chi connectivity index (χ0n) is 16.7. The minimum Gasteiger partial charge on any atom is -0.493 e. The van der Waals surface area contributed by atoms with Crippen LogP contribution in [0, 0.1) is 23.2 Å². The van der Waals surface area contributed by atoms with Crippen molar-refractivity contribution in [1.82, 2.24) is 5.32 Å². The lowest BCUT2D eigenvalue weighted by Gasteiger charge is -2.56. The molecule has 0 radical (unpaired) electrons. The van der Waals surface area contributed by atoms with E-state index in [0.29, 0.717) is 22.5 Å². The Morgan fingerprint density at radius 3 is 2.25 bits per heavy atom. The van der Waals surface area contributed by atoms with E-state index >= 15 is 0 Å².